The first kappa shape index (κ1) is 18.2. The van der Waals surface area contributed by atoms with Crippen molar-refractivity contribution in [1.29, 1.82) is 0 Å². The van der Waals surface area contributed by atoms with E-state index in [1.807, 2.05) is 0 Å². The number of hydrogen-bond acceptors (Lipinski definition) is 6. The minimum Gasteiger partial charge on any atom is -0.494 e. The fraction of sp³-hybridized carbons (Fsp3) is 0.188. The van der Waals surface area contributed by atoms with E-state index in [9.17, 15) is 23.7 Å². The van der Waals surface area contributed by atoms with Crippen molar-refractivity contribution in [3.63, 3.8) is 0 Å². The summed E-state index contributed by atoms with van der Waals surface area (Å²) in [6.07, 6.45) is -1.67. The average Bonchev–Trinajstić information content (AvgIpc) is 3.04. The maximum atomic E-state index is 13.2. The van der Waals surface area contributed by atoms with Gasteiger partial charge in [-0.3, -0.25) is 14.9 Å². The van der Waals surface area contributed by atoms with Crippen LogP contribution in [-0.2, 0) is 0 Å². The van der Waals surface area contributed by atoms with Crippen molar-refractivity contribution in [2.24, 2.45) is 0 Å². The van der Waals surface area contributed by atoms with Crippen LogP contribution in [0, 0.1) is 17.0 Å². The molecule has 3 aromatic rings. The highest BCUT2D eigenvalue weighted by Crippen LogP contribution is 2.30. The summed E-state index contributed by atoms with van der Waals surface area (Å²) in [5.41, 5.74) is -0.164. The molecule has 0 radical (unpaired) electrons. The molecule has 140 valence electrons. The van der Waals surface area contributed by atoms with Gasteiger partial charge < -0.3 is 10.1 Å². The number of non-ortho nitro benzene ring substituents is 1. The lowest BCUT2D eigenvalue weighted by atomic mass is 10.2. The van der Waals surface area contributed by atoms with Gasteiger partial charge in [0.05, 0.1) is 30.0 Å². The first-order chi connectivity index (χ1) is 12.8. The van der Waals surface area contributed by atoms with E-state index in [1.54, 1.807) is 0 Å². The highest BCUT2D eigenvalue weighted by Gasteiger charge is 2.21. The van der Waals surface area contributed by atoms with Crippen molar-refractivity contribution in [2.45, 2.75) is 13.3 Å². The number of anilines is 1. The van der Waals surface area contributed by atoms with E-state index in [1.165, 1.54) is 32.2 Å². The zero-order chi connectivity index (χ0) is 19.7. The van der Waals surface area contributed by atoms with Gasteiger partial charge in [-0.2, -0.15) is 5.10 Å². The molecule has 9 nitrogen and oxygen atoms in total. The summed E-state index contributed by atoms with van der Waals surface area (Å²) in [7, 11) is 1.30. The van der Waals surface area contributed by atoms with E-state index >= 15 is 0 Å². The van der Waals surface area contributed by atoms with E-state index < -0.39 is 17.3 Å². The Balaban J connectivity index is 1.99. The number of amides is 1. The number of nitro groups is 1. The highest BCUT2D eigenvalue weighted by molar-refractivity contribution is 6.08. The predicted octanol–water partition coefficient (Wildman–Crippen LogP) is 3.14. The van der Waals surface area contributed by atoms with Gasteiger partial charge in [0.25, 0.3) is 18.0 Å². The Hall–Kier alpha value is -3.63. The lowest BCUT2D eigenvalue weighted by molar-refractivity contribution is -0.384. The van der Waals surface area contributed by atoms with Crippen molar-refractivity contribution in [3.8, 4) is 5.75 Å². The molecule has 0 saturated carbocycles. The summed E-state index contributed by atoms with van der Waals surface area (Å²) in [5.74, 6) is -0.595. The number of rotatable bonds is 5. The molecule has 11 heteroatoms. The fourth-order valence-electron chi connectivity index (χ4n) is 2.51. The van der Waals surface area contributed by atoms with Crippen molar-refractivity contribution in [3.05, 3.63) is 57.5 Å². The Morgan fingerprint density at radius 3 is 2.74 bits per heavy atom. The van der Waals surface area contributed by atoms with Gasteiger partial charge in [-0.1, -0.05) is 0 Å². The number of alkyl halides is 2. The van der Waals surface area contributed by atoms with Crippen LogP contribution in [-0.4, -0.2) is 32.5 Å². The van der Waals surface area contributed by atoms with E-state index in [-0.39, 0.29) is 34.0 Å². The van der Waals surface area contributed by atoms with Gasteiger partial charge >= 0.3 is 0 Å². The third-order valence-corrected chi connectivity index (χ3v) is 3.74. The number of methoxy groups -OCH3 is 1. The molecule has 0 bridgehead atoms. The molecular weight excluding hydrogens is 364 g/mol. The highest BCUT2D eigenvalue weighted by atomic mass is 19.3. The molecule has 1 amide bonds. The van der Waals surface area contributed by atoms with Gasteiger partial charge in [0, 0.05) is 11.8 Å². The second-order valence-electron chi connectivity index (χ2n) is 5.51. The third-order valence-electron chi connectivity index (χ3n) is 3.74. The number of aromatic nitrogens is 3. The number of hydrogen-bond donors (Lipinski definition) is 1. The summed E-state index contributed by atoms with van der Waals surface area (Å²) in [6, 6.07) is 4.85. The molecule has 3 rings (SSSR count). The van der Waals surface area contributed by atoms with Crippen molar-refractivity contribution in [2.75, 3.05) is 12.4 Å². The second-order valence-corrected chi connectivity index (χ2v) is 5.51. The summed E-state index contributed by atoms with van der Waals surface area (Å²) in [4.78, 5) is 26.9. The zero-order valence-corrected chi connectivity index (χ0v) is 14.1. The van der Waals surface area contributed by atoms with Crippen molar-refractivity contribution in [1.82, 2.24) is 14.6 Å². The van der Waals surface area contributed by atoms with Gasteiger partial charge in [0.15, 0.2) is 5.65 Å². The quantitative estimate of drug-likeness (QED) is 0.540. The minimum atomic E-state index is -2.79. The Morgan fingerprint density at radius 2 is 2.11 bits per heavy atom. The van der Waals surface area contributed by atoms with E-state index in [0.717, 1.165) is 16.8 Å². The Kier molecular flexibility index (Phi) is 4.67. The molecule has 2 aromatic heterocycles. The van der Waals surface area contributed by atoms with E-state index in [0.29, 0.717) is 5.69 Å². The van der Waals surface area contributed by atoms with Crippen molar-refractivity contribution < 1.29 is 23.2 Å². The Bertz CT molecular complexity index is 1050. The summed E-state index contributed by atoms with van der Waals surface area (Å²) in [5, 5.41) is 17.2. The number of nitrogens with zero attached hydrogens (tertiary/aromatic N) is 4. The summed E-state index contributed by atoms with van der Waals surface area (Å²) < 4.78 is 32.3. The molecule has 2 heterocycles. The van der Waals surface area contributed by atoms with Crippen LogP contribution in [0.25, 0.3) is 5.65 Å². The van der Waals surface area contributed by atoms with Gasteiger partial charge in [-0.05, 0) is 19.1 Å². The number of benzene rings is 1. The molecule has 0 atom stereocenters. The topological polar surface area (TPSA) is 112 Å². The number of nitro benzene ring substituents is 1. The first-order valence-electron chi connectivity index (χ1n) is 7.59. The van der Waals surface area contributed by atoms with Crippen LogP contribution < -0.4 is 10.1 Å². The summed E-state index contributed by atoms with van der Waals surface area (Å²) in [6.45, 7) is 1.53. The van der Waals surface area contributed by atoms with Crippen LogP contribution in [0.5, 0.6) is 5.75 Å². The molecule has 0 fully saturated rings. The Labute approximate surface area is 150 Å². The van der Waals surface area contributed by atoms with E-state index in [2.05, 4.69) is 15.4 Å². The number of aryl methyl sites for hydroxylation is 1. The fourth-order valence-corrected chi connectivity index (χ4v) is 2.51. The van der Waals surface area contributed by atoms with Gasteiger partial charge in [0.2, 0.25) is 0 Å². The Morgan fingerprint density at radius 1 is 1.37 bits per heavy atom. The number of carbonyl (C=O) groups is 1. The molecule has 1 N–H and O–H groups in total. The molecule has 0 aliphatic heterocycles. The first-order valence-corrected chi connectivity index (χ1v) is 7.59. The zero-order valence-electron chi connectivity index (χ0n) is 14.1. The number of carbonyl (C=O) groups excluding carboxylic acids is 1. The van der Waals surface area contributed by atoms with Gasteiger partial charge in [-0.25, -0.2) is 18.3 Å². The lowest BCUT2D eigenvalue weighted by Crippen LogP contribution is -2.13. The van der Waals surface area contributed by atoms with Crippen LogP contribution in [0.4, 0.5) is 20.2 Å². The number of fused-ring (bicyclic) bond motifs is 1. The number of halogens is 2. The van der Waals surface area contributed by atoms with Crippen LogP contribution in [0.3, 0.4) is 0 Å². The maximum Gasteiger partial charge on any atom is 0.280 e. The molecular formula is C16H13F2N5O4. The molecule has 0 spiro atoms. The maximum absolute atomic E-state index is 13.2. The molecule has 1 aromatic carbocycles. The van der Waals surface area contributed by atoms with E-state index in [4.69, 9.17) is 4.74 Å². The third kappa shape index (κ3) is 3.38. The minimum absolute atomic E-state index is 0.0244. The molecule has 0 aliphatic rings. The van der Waals surface area contributed by atoms with Gasteiger partial charge in [-0.15, -0.1) is 0 Å². The van der Waals surface area contributed by atoms with Crippen LogP contribution in [0.1, 0.15) is 28.2 Å². The van der Waals surface area contributed by atoms with Crippen molar-refractivity contribution >= 4 is 22.9 Å². The largest absolute Gasteiger partial charge is 0.494 e. The summed E-state index contributed by atoms with van der Waals surface area (Å²) >= 11 is 0. The molecule has 0 saturated heterocycles. The molecule has 27 heavy (non-hydrogen) atoms. The van der Waals surface area contributed by atoms with Crippen LogP contribution in [0.15, 0.2) is 30.5 Å². The second kappa shape index (κ2) is 6.94. The normalized spacial score (nSPS) is 11.0. The SMILES string of the molecule is COc1cc([N+](=O)[O-])ccc1NC(=O)c1cnn2c(C(F)F)cc(C)nc12. The monoisotopic (exact) mass is 377 g/mol. The standard InChI is InChI=1S/C16H13F2N5O4/c1-8-5-12(14(17)18)22-15(20-8)10(7-19-22)16(24)21-11-4-3-9(23(25)26)6-13(11)27-2/h3-7,14H,1-2H3,(H,21,24). The number of ether oxygens (including phenoxy) is 1. The average molecular weight is 377 g/mol. The van der Waals surface area contributed by atoms with Crippen LogP contribution in [0.2, 0.25) is 0 Å². The molecule has 0 aliphatic carbocycles. The smallest absolute Gasteiger partial charge is 0.280 e. The van der Waals surface area contributed by atoms with Crippen LogP contribution >= 0.6 is 0 Å². The van der Waals surface area contributed by atoms with Gasteiger partial charge in [0.1, 0.15) is 17.0 Å². The predicted molar refractivity (Wildman–Crippen MR) is 90.3 cm³/mol. The number of nitrogens with one attached hydrogen (secondary N) is 1. The molecule has 0 unspecified atom stereocenters. The lowest BCUT2D eigenvalue weighted by Gasteiger charge is -2.10.